The fraction of sp³-hybridized carbons (Fsp3) is 0.152. The van der Waals surface area contributed by atoms with Gasteiger partial charge in [-0.15, -0.1) is 0 Å². The third-order valence-electron chi connectivity index (χ3n) is 7.37. The minimum absolute atomic E-state index is 0.103. The molecule has 4 aromatic carbocycles. The molecule has 176 valence electrons. The van der Waals surface area contributed by atoms with E-state index >= 15 is 0 Å². The summed E-state index contributed by atoms with van der Waals surface area (Å²) in [5.41, 5.74) is 6.15. The van der Waals surface area contributed by atoms with Gasteiger partial charge in [0.05, 0.1) is 5.69 Å². The fourth-order valence-corrected chi connectivity index (χ4v) is 5.67. The summed E-state index contributed by atoms with van der Waals surface area (Å²) in [6.45, 7) is 3.55. The van der Waals surface area contributed by atoms with Gasteiger partial charge in [0, 0.05) is 41.2 Å². The Morgan fingerprint density at radius 3 is 2.28 bits per heavy atom. The fourth-order valence-electron chi connectivity index (χ4n) is 5.67. The molecule has 0 bridgehead atoms. The molecule has 1 aliphatic heterocycles. The van der Waals surface area contributed by atoms with Crippen LogP contribution >= 0.6 is 0 Å². The first-order valence-corrected chi connectivity index (χ1v) is 12.5. The van der Waals surface area contributed by atoms with Crippen LogP contribution in [0.15, 0.2) is 115 Å². The molecule has 0 N–H and O–H groups in total. The Balaban J connectivity index is 1.49. The van der Waals surface area contributed by atoms with Crippen LogP contribution in [0.5, 0.6) is 0 Å². The summed E-state index contributed by atoms with van der Waals surface area (Å²) in [6, 6.07) is 37.3. The molecule has 3 heteroatoms. The number of carbonyl (C=O) groups excluding carboxylic acids is 1. The minimum Gasteiger partial charge on any atom is -0.333 e. The van der Waals surface area contributed by atoms with Crippen molar-refractivity contribution in [3.63, 3.8) is 0 Å². The maximum atomic E-state index is 13.6. The molecule has 0 aliphatic carbocycles. The molecule has 2 heterocycles. The highest BCUT2D eigenvalue weighted by Crippen LogP contribution is 2.40. The Labute approximate surface area is 212 Å². The van der Waals surface area contributed by atoms with Crippen molar-refractivity contribution >= 4 is 16.7 Å². The first kappa shape index (κ1) is 22.2. The molecule has 0 fully saturated rings. The third-order valence-corrected chi connectivity index (χ3v) is 7.37. The summed E-state index contributed by atoms with van der Waals surface area (Å²) in [5, 5.41) is 2.36. The van der Waals surface area contributed by atoms with Crippen LogP contribution in [0.1, 0.15) is 34.0 Å². The van der Waals surface area contributed by atoms with Gasteiger partial charge in [0.15, 0.2) is 0 Å². The Morgan fingerprint density at radius 2 is 1.47 bits per heavy atom. The van der Waals surface area contributed by atoms with Crippen LogP contribution in [0.4, 0.5) is 0 Å². The van der Waals surface area contributed by atoms with Gasteiger partial charge in [-0.05, 0) is 34.6 Å². The lowest BCUT2D eigenvalue weighted by Crippen LogP contribution is -2.48. The van der Waals surface area contributed by atoms with Gasteiger partial charge in [-0.3, -0.25) is 9.78 Å². The lowest BCUT2D eigenvalue weighted by atomic mass is 9.71. The number of nitrogens with zero attached hydrogens (tertiary/aromatic N) is 2. The van der Waals surface area contributed by atoms with E-state index in [0.29, 0.717) is 13.1 Å². The summed E-state index contributed by atoms with van der Waals surface area (Å²) in [7, 11) is 0. The molecule has 0 radical (unpaired) electrons. The summed E-state index contributed by atoms with van der Waals surface area (Å²) in [4.78, 5) is 20.5. The van der Waals surface area contributed by atoms with Crippen LogP contribution in [0, 0.1) is 0 Å². The van der Waals surface area contributed by atoms with Crippen LogP contribution in [0.25, 0.3) is 22.0 Å². The van der Waals surface area contributed by atoms with E-state index in [1.165, 1.54) is 10.9 Å². The second-order valence-electron chi connectivity index (χ2n) is 9.97. The second kappa shape index (κ2) is 9.09. The predicted molar refractivity (Wildman–Crippen MR) is 146 cm³/mol. The van der Waals surface area contributed by atoms with Crippen molar-refractivity contribution in [2.24, 2.45) is 0 Å². The smallest absolute Gasteiger partial charge is 0.254 e. The minimum atomic E-state index is -0.269. The molecular formula is C33H28N2O. The summed E-state index contributed by atoms with van der Waals surface area (Å²) < 4.78 is 0. The van der Waals surface area contributed by atoms with Gasteiger partial charge in [0.2, 0.25) is 0 Å². The van der Waals surface area contributed by atoms with Crippen molar-refractivity contribution in [1.82, 2.24) is 9.88 Å². The summed E-state index contributed by atoms with van der Waals surface area (Å²) >= 11 is 0. The highest BCUT2D eigenvalue weighted by molar-refractivity contribution is 5.98. The van der Waals surface area contributed by atoms with E-state index < -0.39 is 0 Å². The summed E-state index contributed by atoms with van der Waals surface area (Å²) in [5.74, 6) is 0.103. The Morgan fingerprint density at radius 1 is 0.806 bits per heavy atom. The highest BCUT2D eigenvalue weighted by Gasteiger charge is 2.40. The van der Waals surface area contributed by atoms with E-state index in [0.717, 1.165) is 39.8 Å². The van der Waals surface area contributed by atoms with Crippen LogP contribution in [-0.4, -0.2) is 22.3 Å². The second-order valence-corrected chi connectivity index (χ2v) is 9.97. The highest BCUT2D eigenvalue weighted by atomic mass is 16.2. The maximum absolute atomic E-state index is 13.6. The van der Waals surface area contributed by atoms with Gasteiger partial charge in [0.25, 0.3) is 5.91 Å². The number of rotatable bonds is 5. The van der Waals surface area contributed by atoms with E-state index in [-0.39, 0.29) is 11.3 Å². The van der Waals surface area contributed by atoms with Crippen LogP contribution in [0.3, 0.4) is 0 Å². The molecule has 1 atom stereocenters. The first-order chi connectivity index (χ1) is 17.6. The Kier molecular flexibility index (Phi) is 5.61. The number of amides is 1. The zero-order chi connectivity index (χ0) is 24.5. The van der Waals surface area contributed by atoms with Crippen LogP contribution in [-0.2, 0) is 18.4 Å². The number of fused-ring (bicyclic) bond motifs is 2. The van der Waals surface area contributed by atoms with E-state index in [1.54, 1.807) is 0 Å². The lowest BCUT2D eigenvalue weighted by Gasteiger charge is -2.42. The molecule has 36 heavy (non-hydrogen) atoms. The normalized spacial score (nSPS) is 17.2. The molecule has 1 amide bonds. The Bertz CT molecular complexity index is 1540. The van der Waals surface area contributed by atoms with Gasteiger partial charge in [-0.25, -0.2) is 0 Å². The van der Waals surface area contributed by atoms with E-state index in [2.05, 4.69) is 79.7 Å². The lowest BCUT2D eigenvalue weighted by molar-refractivity contribution is 0.0663. The quantitative estimate of drug-likeness (QED) is 0.277. The van der Waals surface area contributed by atoms with Gasteiger partial charge >= 0.3 is 0 Å². The largest absolute Gasteiger partial charge is 0.333 e. The molecule has 6 rings (SSSR count). The number of carbonyl (C=O) groups is 1. The molecule has 1 unspecified atom stereocenters. The van der Waals surface area contributed by atoms with E-state index in [9.17, 15) is 4.79 Å². The van der Waals surface area contributed by atoms with Gasteiger partial charge < -0.3 is 4.90 Å². The molecule has 3 nitrogen and oxygen atoms in total. The van der Waals surface area contributed by atoms with Crippen molar-refractivity contribution in [2.75, 3.05) is 6.54 Å². The van der Waals surface area contributed by atoms with Crippen molar-refractivity contribution in [3.8, 4) is 11.3 Å². The number of hydrogen-bond donors (Lipinski definition) is 0. The van der Waals surface area contributed by atoms with E-state index in [1.807, 2.05) is 47.5 Å². The zero-order valence-corrected chi connectivity index (χ0v) is 20.4. The standard InChI is InChI=1S/C33H28N2O/c1-33(20-29-27-17-9-8-16-26(27)21-34-31(29)25-14-6-3-7-15-25)23-35(22-24-12-4-2-5-13-24)32(36)28-18-10-11-19-30(28)33/h2-19,21H,20,22-23H2,1H3. The average molecular weight is 469 g/mol. The molecule has 0 saturated heterocycles. The number of benzene rings is 4. The predicted octanol–water partition coefficient (Wildman–Crippen LogP) is 7.06. The molecule has 1 aromatic heterocycles. The first-order valence-electron chi connectivity index (χ1n) is 12.5. The Hall–Kier alpha value is -4.24. The number of aromatic nitrogens is 1. The van der Waals surface area contributed by atoms with Crippen molar-refractivity contribution in [2.45, 2.75) is 25.3 Å². The number of pyridine rings is 1. The van der Waals surface area contributed by atoms with Crippen LogP contribution in [0.2, 0.25) is 0 Å². The van der Waals surface area contributed by atoms with Crippen molar-refractivity contribution < 1.29 is 4.79 Å². The molecule has 5 aromatic rings. The number of hydrogen-bond acceptors (Lipinski definition) is 2. The molecule has 0 saturated carbocycles. The molecule has 1 aliphatic rings. The monoisotopic (exact) mass is 468 g/mol. The average Bonchev–Trinajstić information content (AvgIpc) is 2.93. The van der Waals surface area contributed by atoms with E-state index in [4.69, 9.17) is 4.98 Å². The van der Waals surface area contributed by atoms with Crippen molar-refractivity contribution in [1.29, 1.82) is 0 Å². The van der Waals surface area contributed by atoms with Gasteiger partial charge in [0.1, 0.15) is 0 Å². The molecular weight excluding hydrogens is 440 g/mol. The van der Waals surface area contributed by atoms with Gasteiger partial charge in [-0.2, -0.15) is 0 Å². The van der Waals surface area contributed by atoms with Crippen LogP contribution < -0.4 is 0 Å². The maximum Gasteiger partial charge on any atom is 0.254 e. The third kappa shape index (κ3) is 3.97. The van der Waals surface area contributed by atoms with Gasteiger partial charge in [-0.1, -0.05) is 110 Å². The SMILES string of the molecule is CC1(Cc2c(-c3ccccc3)ncc3ccccc23)CN(Cc2ccccc2)C(=O)c2ccccc21. The topological polar surface area (TPSA) is 33.2 Å². The van der Waals surface area contributed by atoms with Crippen molar-refractivity contribution in [3.05, 3.63) is 138 Å². The summed E-state index contributed by atoms with van der Waals surface area (Å²) in [6.07, 6.45) is 2.75. The zero-order valence-electron chi connectivity index (χ0n) is 20.4. The molecule has 0 spiro atoms.